The Labute approximate surface area is 121 Å². The van der Waals surface area contributed by atoms with E-state index in [9.17, 15) is 0 Å². The van der Waals surface area contributed by atoms with Crippen LogP contribution in [0.15, 0.2) is 18.2 Å². The average molecular weight is 275 g/mol. The van der Waals surface area contributed by atoms with E-state index in [1.165, 1.54) is 44.1 Å². The molecule has 3 rings (SSSR count). The molecule has 1 aliphatic heterocycles. The predicted octanol–water partition coefficient (Wildman–Crippen LogP) is 3.83. The van der Waals surface area contributed by atoms with Gasteiger partial charge in [-0.25, -0.2) is 0 Å². The van der Waals surface area contributed by atoms with E-state index in [1.54, 1.807) is 7.11 Å². The van der Waals surface area contributed by atoms with Gasteiger partial charge in [-0.3, -0.25) is 0 Å². The molecular formula is C17H25NO2. The zero-order chi connectivity index (χ0) is 14.0. The van der Waals surface area contributed by atoms with Crippen LogP contribution >= 0.6 is 0 Å². The summed E-state index contributed by atoms with van der Waals surface area (Å²) in [5.41, 5.74) is 1.29. The molecule has 2 aliphatic rings. The van der Waals surface area contributed by atoms with E-state index in [2.05, 4.69) is 17.4 Å². The molecular weight excluding hydrogens is 250 g/mol. The van der Waals surface area contributed by atoms with E-state index in [4.69, 9.17) is 9.47 Å². The Balaban J connectivity index is 1.93. The standard InChI is InChI=1S/C17H25NO2/c1-18-15-12-17(9-5-3-4-6-10-17)20-16-8-7-13(19-2)11-14(15)16/h7-8,11,15,18H,3-6,9-10,12H2,1-2H3. The van der Waals surface area contributed by atoms with Gasteiger partial charge in [0.25, 0.3) is 0 Å². The largest absolute Gasteiger partial charge is 0.497 e. The molecule has 1 N–H and O–H groups in total. The molecule has 1 heterocycles. The summed E-state index contributed by atoms with van der Waals surface area (Å²) in [5.74, 6) is 1.95. The summed E-state index contributed by atoms with van der Waals surface area (Å²) < 4.78 is 11.8. The number of methoxy groups -OCH3 is 1. The molecule has 0 saturated heterocycles. The highest BCUT2D eigenvalue weighted by Crippen LogP contribution is 2.46. The van der Waals surface area contributed by atoms with Gasteiger partial charge < -0.3 is 14.8 Å². The zero-order valence-electron chi connectivity index (χ0n) is 12.6. The van der Waals surface area contributed by atoms with Gasteiger partial charge in [-0.1, -0.05) is 12.8 Å². The van der Waals surface area contributed by atoms with Crippen LogP contribution in [-0.2, 0) is 0 Å². The minimum Gasteiger partial charge on any atom is -0.497 e. The smallest absolute Gasteiger partial charge is 0.125 e. The fourth-order valence-corrected chi connectivity index (χ4v) is 3.71. The SMILES string of the molecule is CNC1CC2(CCCCCC2)Oc2ccc(OC)cc21. The highest BCUT2D eigenvalue weighted by Gasteiger charge is 2.40. The van der Waals surface area contributed by atoms with E-state index in [1.807, 2.05) is 13.1 Å². The van der Waals surface area contributed by atoms with E-state index in [0.29, 0.717) is 6.04 Å². The first kappa shape index (κ1) is 13.7. The Bertz CT molecular complexity index is 464. The topological polar surface area (TPSA) is 30.5 Å². The number of hydrogen-bond donors (Lipinski definition) is 1. The second-order valence-corrected chi connectivity index (χ2v) is 6.15. The Morgan fingerprint density at radius 3 is 2.60 bits per heavy atom. The van der Waals surface area contributed by atoms with Crippen molar-refractivity contribution in [2.24, 2.45) is 0 Å². The molecule has 1 spiro atoms. The number of nitrogens with one attached hydrogen (secondary N) is 1. The molecule has 110 valence electrons. The first-order chi connectivity index (χ1) is 9.76. The third-order valence-electron chi connectivity index (χ3n) is 4.86. The van der Waals surface area contributed by atoms with Gasteiger partial charge in [0.15, 0.2) is 0 Å². The van der Waals surface area contributed by atoms with Crippen molar-refractivity contribution in [2.45, 2.75) is 56.6 Å². The summed E-state index contributed by atoms with van der Waals surface area (Å²) in [7, 11) is 3.76. The summed E-state index contributed by atoms with van der Waals surface area (Å²) in [6, 6.07) is 6.55. The fourth-order valence-electron chi connectivity index (χ4n) is 3.71. The van der Waals surface area contributed by atoms with Crippen LogP contribution in [0, 0.1) is 0 Å². The molecule has 1 unspecified atom stereocenters. The van der Waals surface area contributed by atoms with Crippen molar-refractivity contribution in [3.05, 3.63) is 23.8 Å². The Hall–Kier alpha value is -1.22. The second-order valence-electron chi connectivity index (χ2n) is 6.15. The van der Waals surface area contributed by atoms with Crippen molar-refractivity contribution in [3.8, 4) is 11.5 Å². The van der Waals surface area contributed by atoms with Gasteiger partial charge in [-0.2, -0.15) is 0 Å². The zero-order valence-corrected chi connectivity index (χ0v) is 12.6. The molecule has 0 radical (unpaired) electrons. The molecule has 1 atom stereocenters. The Morgan fingerprint density at radius 1 is 1.20 bits per heavy atom. The van der Waals surface area contributed by atoms with Crippen LogP contribution in [-0.4, -0.2) is 19.8 Å². The molecule has 20 heavy (non-hydrogen) atoms. The summed E-state index contributed by atoms with van der Waals surface area (Å²) in [5, 5.41) is 3.47. The number of benzene rings is 1. The van der Waals surface area contributed by atoms with Crippen molar-refractivity contribution < 1.29 is 9.47 Å². The van der Waals surface area contributed by atoms with Gasteiger partial charge in [0.05, 0.1) is 7.11 Å². The van der Waals surface area contributed by atoms with Crippen molar-refractivity contribution >= 4 is 0 Å². The summed E-state index contributed by atoms with van der Waals surface area (Å²) in [6.07, 6.45) is 8.75. The van der Waals surface area contributed by atoms with Crippen LogP contribution < -0.4 is 14.8 Å². The van der Waals surface area contributed by atoms with E-state index in [0.717, 1.165) is 17.9 Å². The van der Waals surface area contributed by atoms with Crippen molar-refractivity contribution in [2.75, 3.05) is 14.2 Å². The average Bonchev–Trinajstić information content (AvgIpc) is 2.71. The maximum absolute atomic E-state index is 6.48. The highest BCUT2D eigenvalue weighted by molar-refractivity contribution is 5.44. The number of hydrogen-bond acceptors (Lipinski definition) is 3. The Kier molecular flexibility index (Phi) is 3.88. The van der Waals surface area contributed by atoms with Crippen LogP contribution in [0.1, 0.15) is 56.6 Å². The quantitative estimate of drug-likeness (QED) is 0.889. The summed E-state index contributed by atoms with van der Waals surface area (Å²) in [6.45, 7) is 0. The fraction of sp³-hybridized carbons (Fsp3) is 0.647. The van der Waals surface area contributed by atoms with E-state index >= 15 is 0 Å². The maximum Gasteiger partial charge on any atom is 0.125 e. The number of fused-ring (bicyclic) bond motifs is 1. The van der Waals surface area contributed by atoms with Crippen LogP contribution in [0.5, 0.6) is 11.5 Å². The van der Waals surface area contributed by atoms with Gasteiger partial charge in [-0.05, 0) is 50.9 Å². The summed E-state index contributed by atoms with van der Waals surface area (Å²) in [4.78, 5) is 0. The summed E-state index contributed by atoms with van der Waals surface area (Å²) >= 11 is 0. The molecule has 1 aromatic rings. The number of ether oxygens (including phenoxy) is 2. The lowest BCUT2D eigenvalue weighted by atomic mass is 9.82. The van der Waals surface area contributed by atoms with Crippen molar-refractivity contribution in [1.82, 2.24) is 5.32 Å². The maximum atomic E-state index is 6.48. The van der Waals surface area contributed by atoms with E-state index < -0.39 is 0 Å². The molecule has 0 bridgehead atoms. The van der Waals surface area contributed by atoms with E-state index in [-0.39, 0.29) is 5.60 Å². The third-order valence-corrected chi connectivity index (χ3v) is 4.86. The van der Waals surface area contributed by atoms with Gasteiger partial charge in [0.2, 0.25) is 0 Å². The molecule has 1 fully saturated rings. The number of rotatable bonds is 2. The molecule has 3 nitrogen and oxygen atoms in total. The second kappa shape index (κ2) is 5.65. The minimum absolute atomic E-state index is 0.0474. The molecule has 0 amide bonds. The molecule has 1 aliphatic carbocycles. The molecule has 3 heteroatoms. The van der Waals surface area contributed by atoms with Gasteiger partial charge in [0, 0.05) is 18.0 Å². The van der Waals surface area contributed by atoms with Crippen LogP contribution in [0.4, 0.5) is 0 Å². The van der Waals surface area contributed by atoms with Crippen molar-refractivity contribution in [1.29, 1.82) is 0 Å². The highest BCUT2D eigenvalue weighted by atomic mass is 16.5. The van der Waals surface area contributed by atoms with Crippen molar-refractivity contribution in [3.63, 3.8) is 0 Å². The third kappa shape index (κ3) is 2.51. The van der Waals surface area contributed by atoms with Crippen LogP contribution in [0.25, 0.3) is 0 Å². The lowest BCUT2D eigenvalue weighted by molar-refractivity contribution is 0.0170. The minimum atomic E-state index is 0.0474. The van der Waals surface area contributed by atoms with Gasteiger partial charge in [-0.15, -0.1) is 0 Å². The van der Waals surface area contributed by atoms with Gasteiger partial charge in [0.1, 0.15) is 17.1 Å². The molecule has 1 saturated carbocycles. The first-order valence-corrected chi connectivity index (χ1v) is 7.80. The molecule has 1 aromatic carbocycles. The molecule has 0 aromatic heterocycles. The van der Waals surface area contributed by atoms with Gasteiger partial charge >= 0.3 is 0 Å². The predicted molar refractivity (Wildman–Crippen MR) is 80.5 cm³/mol. The Morgan fingerprint density at radius 2 is 1.95 bits per heavy atom. The lowest BCUT2D eigenvalue weighted by Gasteiger charge is -2.42. The monoisotopic (exact) mass is 275 g/mol. The van der Waals surface area contributed by atoms with Crippen LogP contribution in [0.2, 0.25) is 0 Å². The first-order valence-electron chi connectivity index (χ1n) is 7.80. The lowest BCUT2D eigenvalue weighted by Crippen LogP contribution is -2.43. The van der Waals surface area contributed by atoms with Crippen LogP contribution in [0.3, 0.4) is 0 Å². The normalized spacial score (nSPS) is 24.6.